The molecule has 0 radical (unpaired) electrons. The molecule has 0 saturated heterocycles. The molecule has 642 valence electrons. The molecule has 0 unspecified atom stereocenters. The lowest BCUT2D eigenvalue weighted by atomic mass is 9.64. The molecule has 2 aromatic heterocycles. The van der Waals surface area contributed by atoms with Gasteiger partial charge in [0, 0.05) is 52.9 Å². The minimum Gasteiger partial charge on any atom is -0.289 e. The zero-order valence-corrected chi connectivity index (χ0v) is 78.5. The van der Waals surface area contributed by atoms with E-state index in [0.29, 0.717) is 33.4 Å². The van der Waals surface area contributed by atoms with Crippen LogP contribution in [0.4, 0.5) is 0 Å². The highest BCUT2D eigenvalue weighted by Crippen LogP contribution is 2.66. The quantitative estimate of drug-likeness (QED) is 0.0165. The van der Waals surface area contributed by atoms with Crippen LogP contribution < -0.4 is 0 Å². The predicted octanol–water partition coefficient (Wildman–Crippen LogP) is 33.7. The van der Waals surface area contributed by atoms with Crippen molar-refractivity contribution in [3.05, 3.63) is 310 Å². The minimum absolute atomic E-state index is 0.0956. The number of thiophene rings is 2. The van der Waals surface area contributed by atoms with Gasteiger partial charge in [-0.05, 0) is 263 Å². The summed E-state index contributed by atoms with van der Waals surface area (Å²) in [4.78, 5) is 42.8. The lowest BCUT2D eigenvalue weighted by molar-refractivity contribution is 0.103. The maximum absolute atomic E-state index is 15.6. The van der Waals surface area contributed by atoms with Crippen molar-refractivity contribution in [3.63, 3.8) is 0 Å². The van der Waals surface area contributed by atoms with Crippen LogP contribution in [-0.2, 0) is 62.2 Å². The molecule has 0 N–H and O–H groups in total. The van der Waals surface area contributed by atoms with E-state index in [-0.39, 0.29) is 44.2 Å². The van der Waals surface area contributed by atoms with Crippen molar-refractivity contribution in [2.45, 2.75) is 323 Å². The molecule has 124 heavy (non-hydrogen) atoms. The number of rotatable bonds is 46. The van der Waals surface area contributed by atoms with E-state index < -0.39 is 10.8 Å². The van der Waals surface area contributed by atoms with Gasteiger partial charge >= 0.3 is 0 Å². The van der Waals surface area contributed by atoms with Crippen LogP contribution in [0.1, 0.15) is 391 Å². The van der Waals surface area contributed by atoms with Crippen LogP contribution in [0.25, 0.3) is 53.9 Å². The summed E-state index contributed by atoms with van der Waals surface area (Å²) in [6.07, 6.45) is 47.9. The monoisotopic (exact) mass is 1720 g/mol. The minimum atomic E-state index is -0.977. The van der Waals surface area contributed by atoms with Gasteiger partial charge in [0.1, 0.15) is 0 Å². The molecule has 0 bridgehead atoms. The maximum Gasteiger partial charge on any atom is 0.270 e. The Hall–Kier alpha value is -9.22. The zero-order chi connectivity index (χ0) is 87.3. The summed E-state index contributed by atoms with van der Waals surface area (Å²) in [7, 11) is 0. The second-order valence-corrected chi connectivity index (χ2v) is 38.9. The Balaban J connectivity index is 1.24. The number of benzene rings is 7. The number of hydrogen-bond acceptors (Lipinski definition) is 6. The van der Waals surface area contributed by atoms with Crippen LogP contribution in [0.15, 0.2) is 156 Å². The third-order valence-electron chi connectivity index (χ3n) is 26.8. The molecule has 7 aromatic carbocycles. The normalized spacial score (nSPS) is 15.2. The second-order valence-electron chi connectivity index (χ2n) is 35.9. The fraction of sp³-hybridized carbons (Fsp3) is 0.439. The lowest BCUT2D eigenvalue weighted by Gasteiger charge is -2.37. The smallest absolute Gasteiger partial charge is 0.270 e. The molecule has 13 rings (SSSR count). The van der Waals surface area contributed by atoms with Gasteiger partial charge in [-0.25, -0.2) is 20.2 Å². The molecule has 0 aliphatic heterocycles. The molecule has 4 aliphatic carbocycles. The number of fused-ring (bicyclic) bond motifs is 8. The van der Waals surface area contributed by atoms with Gasteiger partial charge in [0.05, 0.1) is 46.2 Å². The van der Waals surface area contributed by atoms with E-state index in [0.717, 1.165) is 242 Å². The van der Waals surface area contributed by atoms with Gasteiger partial charge in [-0.3, -0.25) is 9.59 Å². The number of ketones is 2. The predicted molar refractivity (Wildman–Crippen MR) is 525 cm³/mol. The molecule has 0 amide bonds. The number of nitriles is 2. The molecule has 0 atom stereocenters. The van der Waals surface area contributed by atoms with E-state index in [1.807, 2.05) is 36.4 Å². The average Bonchev–Trinajstić information content (AvgIpc) is 1.50. The molecular formula is C114H128Cl2N4O2S2. The summed E-state index contributed by atoms with van der Waals surface area (Å²) in [5.41, 5.74) is 23.7. The SMILES string of the molecule is [C-]#[N+]C(C#N)=C1/C(=C/c2cc3c(s2)-c2cc4c(cc2C3(c2cc(CCCCCC)cc(CCCCCC)c2)c2cc(CCCCCC)cc(CCCCCC)c2)-c2sc(/C=C3\C(=O)c5ccccc5\C3=C(\C#N)[N+]#[C-])cc2C4(c2cc(CCCCCC)cc(CCCCCC)c2)c2cc(CCCCCC)cc(CCCCCC)c2)C(=O)c2cc(Cl)c(Cl)cc21. The number of unbranched alkanes of at least 4 members (excludes halogenated alkanes) is 24. The van der Waals surface area contributed by atoms with Crippen molar-refractivity contribution in [1.29, 1.82) is 10.5 Å². The third kappa shape index (κ3) is 19.9. The first-order valence-corrected chi connectivity index (χ1v) is 50.2. The van der Waals surface area contributed by atoms with E-state index >= 15 is 9.59 Å². The van der Waals surface area contributed by atoms with Crippen molar-refractivity contribution >= 4 is 80.7 Å². The molecule has 0 saturated carbocycles. The summed E-state index contributed by atoms with van der Waals surface area (Å²) in [6.45, 7) is 35.5. The van der Waals surface area contributed by atoms with Crippen molar-refractivity contribution in [2.75, 3.05) is 0 Å². The van der Waals surface area contributed by atoms with E-state index in [2.05, 4.69) is 174 Å². The molecule has 0 fully saturated rings. The highest BCUT2D eigenvalue weighted by molar-refractivity contribution is 7.17. The van der Waals surface area contributed by atoms with Gasteiger partial charge in [-0.15, -0.1) is 22.7 Å². The highest BCUT2D eigenvalue weighted by atomic mass is 35.5. The standard InChI is InChI=1S/C114H128Cl2N4O2S2/c1-11-19-27-35-45-77-55-78(46-36-28-20-12-2)60-85(59-77)113(86-61-79(47-37-29-21-13-3)56-80(62-86)48-38-30-22-14-4)99-72-96-100(71-95(99)111-101(113)69-89(123-111)67-97-107(105(75-117)119-9)91-53-43-44-54-92(91)109(97)121)114(87-63-81(49-39-31-23-15-5)57-82(64-87)50-40-32-24-16-6,88-65-83(51-41-33-25-17-7)58-84(66-88)52-42-34-26-18-8)102-70-90(124-112(96)102)68-98-108(106(76-118)120-10)93-73-103(115)104(116)74-94(93)110(98)122/h43-44,53-74H,11-42,45-52H2,1-8H3/b97-67-,98-68-,107-105+,108-106?. The fourth-order valence-electron chi connectivity index (χ4n) is 20.5. The molecule has 2 heterocycles. The average molecular weight is 1720 g/mol. The Bertz CT molecular complexity index is 5380. The summed E-state index contributed by atoms with van der Waals surface area (Å²) in [5, 5.41) is 22.4. The van der Waals surface area contributed by atoms with E-state index in [1.165, 1.54) is 135 Å². The number of Topliss-reactive ketones (excluding diaryl/α,β-unsaturated/α-hetero) is 2. The van der Waals surface area contributed by atoms with E-state index in [1.54, 1.807) is 34.8 Å². The van der Waals surface area contributed by atoms with Gasteiger partial charge in [0.25, 0.3) is 11.4 Å². The van der Waals surface area contributed by atoms with Crippen molar-refractivity contribution in [3.8, 4) is 33.0 Å². The number of hydrogen-bond donors (Lipinski definition) is 0. The van der Waals surface area contributed by atoms with E-state index in [4.69, 9.17) is 36.3 Å². The molecule has 6 nitrogen and oxygen atoms in total. The van der Waals surface area contributed by atoms with Crippen LogP contribution in [0.3, 0.4) is 0 Å². The topological polar surface area (TPSA) is 90.4 Å². The Kier molecular flexibility index (Phi) is 33.0. The van der Waals surface area contributed by atoms with Crippen LogP contribution in [0, 0.1) is 35.8 Å². The van der Waals surface area contributed by atoms with Gasteiger partial charge in [-0.2, -0.15) is 0 Å². The summed E-state index contributed by atoms with van der Waals surface area (Å²) < 4.78 is 0. The van der Waals surface area contributed by atoms with Gasteiger partial charge in [0.2, 0.25) is 0 Å². The Morgan fingerprint density at radius 1 is 0.331 bits per heavy atom. The van der Waals surface area contributed by atoms with Crippen molar-refractivity contribution in [1.82, 2.24) is 0 Å². The summed E-state index contributed by atoms with van der Waals surface area (Å²) in [5.74, 6) is -0.496. The molecule has 9 aromatic rings. The Labute approximate surface area is 761 Å². The fourth-order valence-corrected chi connectivity index (χ4v) is 23.2. The van der Waals surface area contributed by atoms with Gasteiger partial charge in [-0.1, -0.05) is 330 Å². The Morgan fingerprint density at radius 2 is 0.597 bits per heavy atom. The number of halogens is 2. The van der Waals surface area contributed by atoms with E-state index in [9.17, 15) is 10.5 Å². The maximum atomic E-state index is 15.6. The lowest BCUT2D eigenvalue weighted by Crippen LogP contribution is -2.31. The zero-order valence-electron chi connectivity index (χ0n) is 75.3. The molecule has 10 heteroatoms. The number of carbonyl (C=O) groups excluding carboxylic acids is 2. The first kappa shape index (κ1) is 92.4. The Morgan fingerprint density at radius 3 is 0.871 bits per heavy atom. The van der Waals surface area contributed by atoms with Crippen molar-refractivity contribution < 1.29 is 9.59 Å². The molecule has 4 aliphatic rings. The summed E-state index contributed by atoms with van der Waals surface area (Å²) in [6, 6.07) is 56.4. The number of nitrogens with zero attached hydrogens (tertiary/aromatic N) is 4. The van der Waals surface area contributed by atoms with Crippen LogP contribution in [0.5, 0.6) is 0 Å². The van der Waals surface area contributed by atoms with Crippen molar-refractivity contribution in [2.24, 2.45) is 0 Å². The van der Waals surface area contributed by atoms with Crippen LogP contribution in [0.2, 0.25) is 10.0 Å². The molecular weight excluding hydrogens is 1590 g/mol. The van der Waals surface area contributed by atoms with Crippen LogP contribution >= 0.6 is 45.9 Å². The van der Waals surface area contributed by atoms with Gasteiger partial charge in [0.15, 0.2) is 11.6 Å². The number of allylic oxidation sites excluding steroid dienone is 6. The number of aryl methyl sites for hydroxylation is 8. The van der Waals surface area contributed by atoms with Crippen LogP contribution in [-0.4, -0.2) is 11.6 Å². The van der Waals surface area contributed by atoms with Gasteiger partial charge < -0.3 is 0 Å². The third-order valence-corrected chi connectivity index (χ3v) is 29.7. The first-order chi connectivity index (χ1) is 60.6. The number of carbonyl (C=O) groups is 2. The first-order valence-electron chi connectivity index (χ1n) is 47.8. The second kappa shape index (κ2) is 44.3. The highest BCUT2D eigenvalue weighted by Gasteiger charge is 2.54. The largest absolute Gasteiger partial charge is 0.289 e. The summed E-state index contributed by atoms with van der Waals surface area (Å²) >= 11 is 17.2. The molecule has 0 spiro atoms.